The van der Waals surface area contributed by atoms with Crippen molar-refractivity contribution < 1.29 is 4.74 Å². The van der Waals surface area contributed by atoms with Crippen LogP contribution in [0.3, 0.4) is 0 Å². The fourth-order valence-electron chi connectivity index (χ4n) is 2.98. The lowest BCUT2D eigenvalue weighted by atomic mass is 9.97. The van der Waals surface area contributed by atoms with Crippen molar-refractivity contribution in [3.8, 4) is 0 Å². The number of hydrogen-bond donors (Lipinski definition) is 1. The normalized spacial score (nSPS) is 16.3. The number of nitrogens with one attached hydrogen (secondary N) is 1. The van der Waals surface area contributed by atoms with Gasteiger partial charge in [-0.3, -0.25) is 0 Å². The summed E-state index contributed by atoms with van der Waals surface area (Å²) in [5.41, 5.74) is 1.16. The van der Waals surface area contributed by atoms with Gasteiger partial charge in [-0.1, -0.05) is 6.92 Å². The maximum atomic E-state index is 5.28. The number of rotatable bonds is 6. The molecule has 1 fully saturated rings. The molecule has 0 amide bonds. The van der Waals surface area contributed by atoms with Gasteiger partial charge in [-0.2, -0.15) is 0 Å². The maximum absolute atomic E-state index is 5.28. The first-order valence-electron chi connectivity index (χ1n) is 7.98. The quantitative estimate of drug-likeness (QED) is 0.873. The molecule has 0 radical (unpaired) electrons. The highest BCUT2D eigenvalue weighted by molar-refractivity contribution is 5.58. The summed E-state index contributed by atoms with van der Waals surface area (Å²) in [4.78, 5) is 11.8. The number of aryl methyl sites for hydroxylation is 1. The molecular formula is C16H28N4O. The van der Waals surface area contributed by atoms with Gasteiger partial charge in [0, 0.05) is 45.8 Å². The molecule has 1 aliphatic heterocycles. The molecule has 0 saturated carbocycles. The highest BCUT2D eigenvalue weighted by Crippen LogP contribution is 2.28. The van der Waals surface area contributed by atoms with E-state index in [1.807, 2.05) is 7.05 Å². The van der Waals surface area contributed by atoms with E-state index in [9.17, 15) is 0 Å². The van der Waals surface area contributed by atoms with E-state index in [1.54, 1.807) is 7.11 Å². The molecular weight excluding hydrogens is 264 g/mol. The van der Waals surface area contributed by atoms with Crippen molar-refractivity contribution in [2.45, 2.75) is 39.5 Å². The van der Waals surface area contributed by atoms with E-state index >= 15 is 0 Å². The maximum Gasteiger partial charge on any atom is 0.137 e. The van der Waals surface area contributed by atoms with E-state index in [-0.39, 0.29) is 0 Å². The summed E-state index contributed by atoms with van der Waals surface area (Å²) >= 11 is 0. The molecule has 118 valence electrons. The average Bonchev–Trinajstić information content (AvgIpc) is 2.50. The molecule has 0 aromatic carbocycles. The topological polar surface area (TPSA) is 50.3 Å². The first kappa shape index (κ1) is 16.0. The summed E-state index contributed by atoms with van der Waals surface area (Å²) in [6.07, 6.45) is 4.36. The van der Waals surface area contributed by atoms with Crippen LogP contribution in [0.2, 0.25) is 0 Å². The first-order valence-corrected chi connectivity index (χ1v) is 7.98. The minimum absolute atomic E-state index is 0.687. The average molecular weight is 292 g/mol. The van der Waals surface area contributed by atoms with Gasteiger partial charge in [-0.05, 0) is 32.1 Å². The lowest BCUT2D eigenvalue weighted by Gasteiger charge is -2.33. The van der Waals surface area contributed by atoms with E-state index in [2.05, 4.69) is 29.0 Å². The van der Waals surface area contributed by atoms with Crippen LogP contribution in [-0.2, 0) is 11.2 Å². The van der Waals surface area contributed by atoms with E-state index in [1.165, 1.54) is 12.8 Å². The Morgan fingerprint density at radius 3 is 2.57 bits per heavy atom. The Kier molecular flexibility index (Phi) is 5.79. The van der Waals surface area contributed by atoms with Crippen molar-refractivity contribution in [2.24, 2.45) is 5.92 Å². The Morgan fingerprint density at radius 2 is 2.00 bits per heavy atom. The molecule has 0 aliphatic carbocycles. The number of ether oxygens (including phenoxy) is 1. The summed E-state index contributed by atoms with van der Waals surface area (Å²) in [6, 6.07) is 0. The third-order valence-electron chi connectivity index (χ3n) is 4.19. The summed E-state index contributed by atoms with van der Waals surface area (Å²) in [5, 5.41) is 3.20. The zero-order chi connectivity index (χ0) is 15.2. The molecule has 21 heavy (non-hydrogen) atoms. The van der Waals surface area contributed by atoms with E-state index in [0.717, 1.165) is 55.6 Å². The fourth-order valence-corrected chi connectivity index (χ4v) is 2.98. The number of aromatic nitrogens is 2. The first-order chi connectivity index (χ1) is 10.2. The number of hydrogen-bond acceptors (Lipinski definition) is 5. The van der Waals surface area contributed by atoms with Crippen molar-refractivity contribution in [1.82, 2.24) is 9.97 Å². The standard InChI is InChI=1S/C16H28N4O/c1-5-6-14-18-15(17-3)12(2)16(19-14)20-9-7-13(8-10-20)11-21-4/h13H,5-11H2,1-4H3,(H,17,18,19). The lowest BCUT2D eigenvalue weighted by Crippen LogP contribution is -2.36. The Morgan fingerprint density at radius 1 is 1.29 bits per heavy atom. The molecule has 2 rings (SSSR count). The zero-order valence-electron chi connectivity index (χ0n) is 13.8. The van der Waals surface area contributed by atoms with Crippen molar-refractivity contribution in [1.29, 1.82) is 0 Å². The molecule has 0 unspecified atom stereocenters. The number of methoxy groups -OCH3 is 1. The van der Waals surface area contributed by atoms with E-state index < -0.39 is 0 Å². The second-order valence-electron chi connectivity index (χ2n) is 5.82. The molecule has 0 atom stereocenters. The highest BCUT2D eigenvalue weighted by atomic mass is 16.5. The number of anilines is 2. The van der Waals surface area contributed by atoms with Crippen LogP contribution in [0.1, 0.15) is 37.6 Å². The molecule has 5 nitrogen and oxygen atoms in total. The van der Waals surface area contributed by atoms with Crippen molar-refractivity contribution in [2.75, 3.05) is 44.1 Å². The molecule has 1 aliphatic rings. The van der Waals surface area contributed by atoms with E-state index in [4.69, 9.17) is 9.72 Å². The summed E-state index contributed by atoms with van der Waals surface area (Å²) in [5.74, 6) is 3.70. The zero-order valence-corrected chi connectivity index (χ0v) is 13.8. The summed E-state index contributed by atoms with van der Waals surface area (Å²) < 4.78 is 5.28. The Hall–Kier alpha value is -1.36. The van der Waals surface area contributed by atoms with Gasteiger partial charge in [0.05, 0.1) is 0 Å². The Bertz CT molecular complexity index is 456. The van der Waals surface area contributed by atoms with Gasteiger partial charge in [0.1, 0.15) is 17.5 Å². The monoisotopic (exact) mass is 292 g/mol. The lowest BCUT2D eigenvalue weighted by molar-refractivity contribution is 0.139. The molecule has 1 N–H and O–H groups in total. The van der Waals surface area contributed by atoms with Gasteiger partial charge in [0.2, 0.25) is 0 Å². The van der Waals surface area contributed by atoms with Crippen molar-refractivity contribution >= 4 is 11.6 Å². The third kappa shape index (κ3) is 3.84. The molecule has 2 heterocycles. The highest BCUT2D eigenvalue weighted by Gasteiger charge is 2.22. The Labute approximate surface area is 128 Å². The van der Waals surface area contributed by atoms with Crippen LogP contribution in [0.25, 0.3) is 0 Å². The van der Waals surface area contributed by atoms with Crippen LogP contribution in [0.4, 0.5) is 11.6 Å². The fraction of sp³-hybridized carbons (Fsp3) is 0.750. The van der Waals surface area contributed by atoms with Crippen LogP contribution in [0, 0.1) is 12.8 Å². The van der Waals surface area contributed by atoms with Crippen LogP contribution in [-0.4, -0.2) is 43.8 Å². The van der Waals surface area contributed by atoms with Crippen molar-refractivity contribution in [3.63, 3.8) is 0 Å². The van der Waals surface area contributed by atoms with Crippen LogP contribution in [0.5, 0.6) is 0 Å². The molecule has 1 aromatic heterocycles. The van der Waals surface area contributed by atoms with Gasteiger partial charge in [0.15, 0.2) is 0 Å². The molecule has 1 aromatic rings. The van der Waals surface area contributed by atoms with E-state index in [0.29, 0.717) is 5.92 Å². The smallest absolute Gasteiger partial charge is 0.137 e. The van der Waals surface area contributed by atoms with Crippen LogP contribution >= 0.6 is 0 Å². The predicted octanol–water partition coefficient (Wildman–Crippen LogP) is 2.64. The van der Waals surface area contributed by atoms with Gasteiger partial charge >= 0.3 is 0 Å². The SMILES string of the molecule is CCCc1nc(NC)c(C)c(N2CCC(COC)CC2)n1. The Balaban J connectivity index is 2.17. The van der Waals surface area contributed by atoms with Gasteiger partial charge in [-0.15, -0.1) is 0 Å². The van der Waals surface area contributed by atoms with Gasteiger partial charge in [-0.25, -0.2) is 9.97 Å². The second kappa shape index (κ2) is 7.59. The van der Waals surface area contributed by atoms with Crippen LogP contribution in [0.15, 0.2) is 0 Å². The summed E-state index contributed by atoms with van der Waals surface area (Å²) in [6.45, 7) is 7.26. The number of nitrogens with zero attached hydrogens (tertiary/aromatic N) is 3. The second-order valence-corrected chi connectivity index (χ2v) is 5.82. The molecule has 0 bridgehead atoms. The summed E-state index contributed by atoms with van der Waals surface area (Å²) in [7, 11) is 3.72. The predicted molar refractivity (Wildman–Crippen MR) is 87.1 cm³/mol. The largest absolute Gasteiger partial charge is 0.384 e. The van der Waals surface area contributed by atoms with Gasteiger partial charge < -0.3 is 15.0 Å². The number of piperidine rings is 1. The van der Waals surface area contributed by atoms with Gasteiger partial charge in [0.25, 0.3) is 0 Å². The van der Waals surface area contributed by atoms with Crippen molar-refractivity contribution in [3.05, 3.63) is 11.4 Å². The third-order valence-corrected chi connectivity index (χ3v) is 4.19. The molecule has 1 saturated heterocycles. The minimum Gasteiger partial charge on any atom is -0.384 e. The van der Waals surface area contributed by atoms with Crippen LogP contribution < -0.4 is 10.2 Å². The molecule has 0 spiro atoms. The molecule has 5 heteroatoms. The minimum atomic E-state index is 0.687.